The number of carbonyl (C=O) groups excluding carboxylic acids is 2. The summed E-state index contributed by atoms with van der Waals surface area (Å²) < 4.78 is 16.6. The van der Waals surface area contributed by atoms with Gasteiger partial charge in [-0.15, -0.1) is 0 Å². The van der Waals surface area contributed by atoms with Crippen LogP contribution in [0.3, 0.4) is 0 Å². The number of fused-ring (bicyclic) bond motifs is 1. The smallest absolute Gasteiger partial charge is 0.339 e. The first kappa shape index (κ1) is 27.7. The van der Waals surface area contributed by atoms with Crippen molar-refractivity contribution in [3.05, 3.63) is 119 Å². The molecule has 7 nitrogen and oxygen atoms in total. The highest BCUT2D eigenvalue weighted by molar-refractivity contribution is 6.31. The molecule has 0 spiro atoms. The molecule has 0 atom stereocenters. The van der Waals surface area contributed by atoms with Crippen LogP contribution in [0, 0.1) is 6.92 Å². The number of halogens is 1. The number of amides is 1. The van der Waals surface area contributed by atoms with Gasteiger partial charge in [0.25, 0.3) is 5.91 Å². The minimum absolute atomic E-state index is 0.350. The molecule has 0 radical (unpaired) electrons. The van der Waals surface area contributed by atoms with Crippen LogP contribution >= 0.6 is 11.6 Å². The van der Waals surface area contributed by atoms with Gasteiger partial charge in [-0.2, -0.15) is 0 Å². The van der Waals surface area contributed by atoms with E-state index in [0.29, 0.717) is 50.8 Å². The first-order valence-electron chi connectivity index (χ1n) is 12.9. The third-order valence-corrected chi connectivity index (χ3v) is 6.72. The second-order valence-electron chi connectivity index (χ2n) is 9.25. The zero-order valence-corrected chi connectivity index (χ0v) is 23.3. The van der Waals surface area contributed by atoms with Gasteiger partial charge >= 0.3 is 5.97 Å². The molecule has 41 heavy (non-hydrogen) atoms. The van der Waals surface area contributed by atoms with Crippen molar-refractivity contribution >= 4 is 40.1 Å². The summed E-state index contributed by atoms with van der Waals surface area (Å²) in [6.45, 7) is 1.79. The van der Waals surface area contributed by atoms with E-state index < -0.39 is 18.5 Å². The standard InChI is InChI=1S/C33H27ClN2O5/c1-21-31(33(38)41-20-30(37)35-28-18-24(34)14-17-29(28)39-2)26-10-6-7-11-27(26)36-32(21)23-12-15-25(16-13-23)40-19-22-8-4-3-5-9-22/h3-18H,19-20H2,1-2H3,(H,35,37). The van der Waals surface area contributed by atoms with Gasteiger partial charge in [-0.05, 0) is 66.6 Å². The second-order valence-corrected chi connectivity index (χ2v) is 9.68. The molecule has 0 aliphatic rings. The van der Waals surface area contributed by atoms with E-state index in [1.165, 1.54) is 7.11 Å². The molecule has 0 bridgehead atoms. The van der Waals surface area contributed by atoms with E-state index in [1.807, 2.05) is 85.8 Å². The lowest BCUT2D eigenvalue weighted by molar-refractivity contribution is -0.119. The number of ether oxygens (including phenoxy) is 3. The molecule has 1 aromatic heterocycles. The summed E-state index contributed by atoms with van der Waals surface area (Å²) in [6.07, 6.45) is 0. The predicted molar refractivity (Wildman–Crippen MR) is 160 cm³/mol. The van der Waals surface area contributed by atoms with Gasteiger partial charge in [0.2, 0.25) is 0 Å². The Hall–Kier alpha value is -4.88. The maximum Gasteiger partial charge on any atom is 0.339 e. The number of para-hydroxylation sites is 1. The predicted octanol–water partition coefficient (Wildman–Crippen LogP) is 7.25. The van der Waals surface area contributed by atoms with Gasteiger partial charge < -0.3 is 19.5 Å². The SMILES string of the molecule is COc1ccc(Cl)cc1NC(=O)COC(=O)c1c(C)c(-c2ccc(OCc3ccccc3)cc2)nc2ccccc12. The van der Waals surface area contributed by atoms with Crippen molar-refractivity contribution in [1.29, 1.82) is 0 Å². The lowest BCUT2D eigenvalue weighted by atomic mass is 9.97. The maximum absolute atomic E-state index is 13.4. The topological polar surface area (TPSA) is 86.8 Å². The van der Waals surface area contributed by atoms with Crippen molar-refractivity contribution in [2.45, 2.75) is 13.5 Å². The fourth-order valence-electron chi connectivity index (χ4n) is 4.47. The van der Waals surface area contributed by atoms with Crippen LogP contribution in [-0.4, -0.2) is 30.6 Å². The van der Waals surface area contributed by atoms with Crippen molar-refractivity contribution in [1.82, 2.24) is 4.98 Å². The third-order valence-electron chi connectivity index (χ3n) is 6.49. The number of rotatable bonds is 9. The first-order valence-corrected chi connectivity index (χ1v) is 13.3. The Morgan fingerprint density at radius 2 is 1.63 bits per heavy atom. The Balaban J connectivity index is 1.35. The third kappa shape index (κ3) is 6.48. The normalized spacial score (nSPS) is 10.7. The van der Waals surface area contributed by atoms with Crippen molar-refractivity contribution in [3.63, 3.8) is 0 Å². The highest BCUT2D eigenvalue weighted by Gasteiger charge is 2.21. The fourth-order valence-corrected chi connectivity index (χ4v) is 4.64. The van der Waals surface area contributed by atoms with Gasteiger partial charge in [0.1, 0.15) is 18.1 Å². The van der Waals surface area contributed by atoms with Crippen LogP contribution in [0.2, 0.25) is 5.02 Å². The van der Waals surface area contributed by atoms with E-state index in [1.54, 1.807) is 18.2 Å². The van der Waals surface area contributed by atoms with Crippen LogP contribution in [0.4, 0.5) is 5.69 Å². The molecule has 0 saturated heterocycles. The molecule has 1 amide bonds. The second kappa shape index (κ2) is 12.5. The quantitative estimate of drug-likeness (QED) is 0.189. The van der Waals surface area contributed by atoms with Crippen molar-refractivity contribution in [2.24, 2.45) is 0 Å². The van der Waals surface area contributed by atoms with Gasteiger partial charge in [0.05, 0.1) is 29.6 Å². The first-order chi connectivity index (χ1) is 19.9. The molecular formula is C33H27ClN2O5. The lowest BCUT2D eigenvalue weighted by Crippen LogP contribution is -2.22. The highest BCUT2D eigenvalue weighted by atomic mass is 35.5. The number of hydrogen-bond acceptors (Lipinski definition) is 6. The van der Waals surface area contributed by atoms with E-state index in [2.05, 4.69) is 5.32 Å². The minimum atomic E-state index is -0.627. The van der Waals surface area contributed by atoms with Gasteiger partial charge in [-0.3, -0.25) is 4.79 Å². The van der Waals surface area contributed by atoms with E-state index in [-0.39, 0.29) is 0 Å². The number of anilines is 1. The number of carbonyl (C=O) groups is 2. The molecule has 0 saturated carbocycles. The van der Waals surface area contributed by atoms with E-state index >= 15 is 0 Å². The molecule has 1 heterocycles. The van der Waals surface area contributed by atoms with Gasteiger partial charge in [0.15, 0.2) is 6.61 Å². The molecule has 1 N–H and O–H groups in total. The zero-order valence-electron chi connectivity index (χ0n) is 22.5. The van der Waals surface area contributed by atoms with Crippen LogP contribution in [0.1, 0.15) is 21.5 Å². The number of aromatic nitrogens is 1. The van der Waals surface area contributed by atoms with Crippen LogP contribution in [0.15, 0.2) is 97.1 Å². The van der Waals surface area contributed by atoms with Gasteiger partial charge in [-0.25, -0.2) is 9.78 Å². The van der Waals surface area contributed by atoms with Crippen molar-refractivity contribution in [2.75, 3.05) is 19.0 Å². The van der Waals surface area contributed by atoms with Crippen LogP contribution in [0.5, 0.6) is 11.5 Å². The summed E-state index contributed by atoms with van der Waals surface area (Å²) in [6, 6.07) is 29.7. The molecule has 0 unspecified atom stereocenters. The van der Waals surface area contributed by atoms with Gasteiger partial charge in [0, 0.05) is 16.0 Å². The highest BCUT2D eigenvalue weighted by Crippen LogP contribution is 2.32. The number of nitrogens with one attached hydrogen (secondary N) is 1. The van der Waals surface area contributed by atoms with E-state index in [9.17, 15) is 9.59 Å². The molecule has 0 aliphatic carbocycles. The average molecular weight is 567 g/mol. The number of benzene rings is 4. The maximum atomic E-state index is 13.4. The fraction of sp³-hybridized carbons (Fsp3) is 0.121. The van der Waals surface area contributed by atoms with Crippen molar-refractivity contribution < 1.29 is 23.8 Å². The number of nitrogens with zero attached hydrogens (tertiary/aromatic N) is 1. The number of hydrogen-bond donors (Lipinski definition) is 1. The molecule has 4 aromatic carbocycles. The molecular weight excluding hydrogens is 540 g/mol. The van der Waals surface area contributed by atoms with Crippen LogP contribution in [-0.2, 0) is 16.1 Å². The van der Waals surface area contributed by atoms with E-state index in [4.69, 9.17) is 30.8 Å². The number of pyridine rings is 1. The lowest BCUT2D eigenvalue weighted by Gasteiger charge is -2.15. The Morgan fingerprint density at radius 3 is 2.39 bits per heavy atom. The molecule has 5 aromatic rings. The molecule has 5 rings (SSSR count). The summed E-state index contributed by atoms with van der Waals surface area (Å²) in [5, 5.41) is 3.74. The summed E-state index contributed by atoms with van der Waals surface area (Å²) in [4.78, 5) is 30.8. The number of esters is 1. The average Bonchev–Trinajstić information content (AvgIpc) is 2.99. The Morgan fingerprint density at radius 1 is 0.902 bits per heavy atom. The Kier molecular flexibility index (Phi) is 8.46. The van der Waals surface area contributed by atoms with Crippen LogP contribution < -0.4 is 14.8 Å². The Labute approximate surface area is 242 Å². The minimum Gasteiger partial charge on any atom is -0.495 e. The number of methoxy groups -OCH3 is 1. The van der Waals surface area contributed by atoms with E-state index in [0.717, 1.165) is 16.9 Å². The van der Waals surface area contributed by atoms with Gasteiger partial charge in [-0.1, -0.05) is 60.1 Å². The van der Waals surface area contributed by atoms with Crippen LogP contribution in [0.25, 0.3) is 22.2 Å². The summed E-state index contributed by atoms with van der Waals surface area (Å²) in [5.74, 6) is 0.00354. The monoisotopic (exact) mass is 566 g/mol. The largest absolute Gasteiger partial charge is 0.495 e. The zero-order chi connectivity index (χ0) is 28.8. The molecule has 0 aliphatic heterocycles. The molecule has 206 valence electrons. The van der Waals surface area contributed by atoms with Crippen molar-refractivity contribution in [3.8, 4) is 22.8 Å². The summed E-state index contributed by atoms with van der Waals surface area (Å²) in [7, 11) is 1.49. The molecule has 0 fully saturated rings. The summed E-state index contributed by atoms with van der Waals surface area (Å²) >= 11 is 6.05. The Bertz CT molecular complexity index is 1710. The summed E-state index contributed by atoms with van der Waals surface area (Å²) in [5.41, 5.74) is 4.54. The molecule has 8 heteroatoms.